The van der Waals surface area contributed by atoms with Gasteiger partial charge in [0.25, 0.3) is 0 Å². The first-order valence-electron chi connectivity index (χ1n) is 7.97. The maximum absolute atomic E-state index is 10.1. The van der Waals surface area contributed by atoms with Gasteiger partial charge in [-0.05, 0) is 42.7 Å². The first-order chi connectivity index (χ1) is 11.0. The number of nitrogens with one attached hydrogen (secondary N) is 1. The molecule has 0 radical (unpaired) electrons. The first-order valence-corrected chi connectivity index (χ1v) is 7.97. The summed E-state index contributed by atoms with van der Waals surface area (Å²) in [5.74, 6) is 0. The Kier molecular flexibility index (Phi) is 4.09. The summed E-state index contributed by atoms with van der Waals surface area (Å²) < 4.78 is 1.89. The third-order valence-electron chi connectivity index (χ3n) is 4.40. The zero-order valence-electron chi connectivity index (χ0n) is 13.9. The predicted molar refractivity (Wildman–Crippen MR) is 95.6 cm³/mol. The molecule has 0 spiro atoms. The molecule has 2 aromatic carbocycles. The van der Waals surface area contributed by atoms with Crippen molar-refractivity contribution in [1.29, 1.82) is 0 Å². The van der Waals surface area contributed by atoms with Crippen LogP contribution in [0.15, 0.2) is 48.7 Å². The molecule has 23 heavy (non-hydrogen) atoms. The number of aromatic nitrogens is 2. The molecule has 0 aliphatic carbocycles. The summed E-state index contributed by atoms with van der Waals surface area (Å²) in [7, 11) is 1.96. The number of hydrogen-bond acceptors (Lipinski definition) is 3. The van der Waals surface area contributed by atoms with E-state index in [-0.39, 0.29) is 0 Å². The van der Waals surface area contributed by atoms with Gasteiger partial charge in [0.1, 0.15) is 0 Å². The highest BCUT2D eigenvalue weighted by atomic mass is 16.3. The number of benzene rings is 2. The Bertz CT molecular complexity index is 820. The molecule has 4 heteroatoms. The summed E-state index contributed by atoms with van der Waals surface area (Å²) in [6.07, 6.45) is 2.63. The van der Waals surface area contributed by atoms with Crippen LogP contribution in [0, 0.1) is 0 Å². The molecule has 1 unspecified atom stereocenters. The smallest absolute Gasteiger partial charge is 0.0788 e. The van der Waals surface area contributed by atoms with Crippen molar-refractivity contribution >= 4 is 16.6 Å². The number of nitrogens with zero attached hydrogens (tertiary/aromatic N) is 2. The van der Waals surface area contributed by atoms with E-state index in [2.05, 4.69) is 40.7 Å². The van der Waals surface area contributed by atoms with Gasteiger partial charge in [0, 0.05) is 24.7 Å². The summed E-state index contributed by atoms with van der Waals surface area (Å²) in [6, 6.07) is 14.5. The van der Waals surface area contributed by atoms with E-state index in [0.29, 0.717) is 13.0 Å². The number of aryl methyl sites for hydroxylation is 1. The van der Waals surface area contributed by atoms with E-state index >= 15 is 0 Å². The molecule has 0 saturated carbocycles. The van der Waals surface area contributed by atoms with Crippen molar-refractivity contribution in [2.75, 3.05) is 11.9 Å². The Morgan fingerprint density at radius 1 is 1.22 bits per heavy atom. The molecule has 0 fully saturated rings. The second-order valence-corrected chi connectivity index (χ2v) is 6.29. The quantitative estimate of drug-likeness (QED) is 0.753. The van der Waals surface area contributed by atoms with Crippen molar-refractivity contribution in [3.63, 3.8) is 0 Å². The van der Waals surface area contributed by atoms with Crippen molar-refractivity contribution in [3.05, 3.63) is 48.7 Å². The van der Waals surface area contributed by atoms with Crippen molar-refractivity contribution in [3.8, 4) is 11.1 Å². The Morgan fingerprint density at radius 3 is 2.78 bits per heavy atom. The van der Waals surface area contributed by atoms with Crippen LogP contribution in [0.5, 0.6) is 0 Å². The van der Waals surface area contributed by atoms with Crippen LogP contribution in [0.4, 0.5) is 5.69 Å². The lowest BCUT2D eigenvalue weighted by Crippen LogP contribution is -2.32. The van der Waals surface area contributed by atoms with Crippen LogP contribution in [-0.2, 0) is 7.05 Å². The molecular weight excluding hydrogens is 286 g/mol. The fraction of sp³-hybridized carbons (Fsp3) is 0.316. The Balaban J connectivity index is 1.93. The van der Waals surface area contributed by atoms with Crippen LogP contribution in [0.3, 0.4) is 0 Å². The molecule has 0 aliphatic rings. The van der Waals surface area contributed by atoms with Crippen LogP contribution in [0.1, 0.15) is 20.3 Å². The van der Waals surface area contributed by atoms with Gasteiger partial charge in [-0.1, -0.05) is 31.2 Å². The minimum Gasteiger partial charge on any atom is -0.388 e. The Morgan fingerprint density at radius 2 is 2.00 bits per heavy atom. The minimum absolute atomic E-state index is 0.532. The number of aliphatic hydroxyl groups is 1. The maximum atomic E-state index is 10.1. The fourth-order valence-electron chi connectivity index (χ4n) is 2.64. The van der Waals surface area contributed by atoms with Gasteiger partial charge in [0.05, 0.1) is 17.3 Å². The third kappa shape index (κ3) is 3.22. The van der Waals surface area contributed by atoms with Gasteiger partial charge in [0.2, 0.25) is 0 Å². The average molecular weight is 309 g/mol. The van der Waals surface area contributed by atoms with Gasteiger partial charge in [-0.15, -0.1) is 0 Å². The molecule has 1 heterocycles. The number of rotatable bonds is 5. The van der Waals surface area contributed by atoms with Crippen LogP contribution >= 0.6 is 0 Å². The van der Waals surface area contributed by atoms with Gasteiger partial charge < -0.3 is 10.4 Å². The van der Waals surface area contributed by atoms with E-state index in [0.717, 1.165) is 22.2 Å². The van der Waals surface area contributed by atoms with E-state index in [1.54, 1.807) is 0 Å². The molecule has 0 amide bonds. The molecule has 120 valence electrons. The molecule has 1 aromatic heterocycles. The Hall–Kier alpha value is -2.33. The molecule has 3 rings (SSSR count). The zero-order chi connectivity index (χ0) is 16.4. The van der Waals surface area contributed by atoms with E-state index in [4.69, 9.17) is 0 Å². The van der Waals surface area contributed by atoms with Crippen LogP contribution in [-0.4, -0.2) is 27.0 Å². The zero-order valence-corrected chi connectivity index (χ0v) is 13.9. The second-order valence-electron chi connectivity index (χ2n) is 6.29. The summed E-state index contributed by atoms with van der Waals surface area (Å²) >= 11 is 0. The maximum Gasteiger partial charge on any atom is 0.0788 e. The van der Waals surface area contributed by atoms with Gasteiger partial charge in [0.15, 0.2) is 0 Å². The van der Waals surface area contributed by atoms with Crippen LogP contribution in [0.2, 0.25) is 0 Å². The second kappa shape index (κ2) is 6.05. The normalized spacial score (nSPS) is 13.9. The summed E-state index contributed by atoms with van der Waals surface area (Å²) in [5, 5.41) is 19.0. The van der Waals surface area contributed by atoms with Gasteiger partial charge >= 0.3 is 0 Å². The molecular formula is C19H23N3O. The van der Waals surface area contributed by atoms with E-state index in [1.807, 2.05) is 43.9 Å². The molecule has 2 N–H and O–H groups in total. The van der Waals surface area contributed by atoms with Crippen molar-refractivity contribution < 1.29 is 5.11 Å². The minimum atomic E-state index is -0.695. The third-order valence-corrected chi connectivity index (χ3v) is 4.40. The van der Waals surface area contributed by atoms with E-state index in [1.165, 1.54) is 5.56 Å². The lowest BCUT2D eigenvalue weighted by Gasteiger charge is -2.22. The molecule has 3 aromatic rings. The van der Waals surface area contributed by atoms with E-state index < -0.39 is 5.60 Å². The number of anilines is 1. The van der Waals surface area contributed by atoms with Crippen molar-refractivity contribution in [2.45, 2.75) is 25.9 Å². The first kappa shape index (κ1) is 15.6. The largest absolute Gasteiger partial charge is 0.388 e. The highest BCUT2D eigenvalue weighted by molar-refractivity contribution is 5.95. The standard InChI is InChI=1S/C19H23N3O/c1-4-19(2,23)13-20-15-8-5-7-14(11-15)16-9-6-10-18-17(16)12-21-22(18)3/h5-12,20,23H,4,13H2,1-3H3. The number of fused-ring (bicyclic) bond motifs is 1. The highest BCUT2D eigenvalue weighted by Gasteiger charge is 2.16. The lowest BCUT2D eigenvalue weighted by atomic mass is 10.0. The summed E-state index contributed by atoms with van der Waals surface area (Å²) in [6.45, 7) is 4.37. The molecule has 0 aliphatic heterocycles. The molecule has 0 bridgehead atoms. The van der Waals surface area contributed by atoms with Crippen molar-refractivity contribution in [1.82, 2.24) is 9.78 Å². The fourth-order valence-corrected chi connectivity index (χ4v) is 2.64. The van der Waals surface area contributed by atoms with Crippen LogP contribution in [0.25, 0.3) is 22.0 Å². The van der Waals surface area contributed by atoms with Gasteiger partial charge in [-0.2, -0.15) is 5.10 Å². The Labute approximate surface area is 136 Å². The highest BCUT2D eigenvalue weighted by Crippen LogP contribution is 2.30. The van der Waals surface area contributed by atoms with Crippen LogP contribution < -0.4 is 5.32 Å². The van der Waals surface area contributed by atoms with Crippen molar-refractivity contribution in [2.24, 2.45) is 7.05 Å². The predicted octanol–water partition coefficient (Wildman–Crippen LogP) is 3.81. The average Bonchev–Trinajstić information content (AvgIpc) is 2.95. The lowest BCUT2D eigenvalue weighted by molar-refractivity contribution is 0.0697. The summed E-state index contributed by atoms with van der Waals surface area (Å²) in [4.78, 5) is 0. The molecule has 1 atom stereocenters. The van der Waals surface area contributed by atoms with E-state index in [9.17, 15) is 5.11 Å². The SMILES string of the molecule is CCC(C)(O)CNc1cccc(-c2cccc3c2cnn3C)c1. The van der Waals surface area contributed by atoms with Gasteiger partial charge in [-0.3, -0.25) is 4.68 Å². The number of hydrogen-bond donors (Lipinski definition) is 2. The molecule has 4 nitrogen and oxygen atoms in total. The summed E-state index contributed by atoms with van der Waals surface area (Å²) in [5.41, 5.74) is 3.75. The molecule has 0 saturated heterocycles. The monoisotopic (exact) mass is 309 g/mol. The topological polar surface area (TPSA) is 50.1 Å². The van der Waals surface area contributed by atoms with Gasteiger partial charge in [-0.25, -0.2) is 0 Å².